The van der Waals surface area contributed by atoms with Gasteiger partial charge < -0.3 is 0 Å². The van der Waals surface area contributed by atoms with Crippen molar-refractivity contribution in [3.8, 4) is 0 Å². The van der Waals surface area contributed by atoms with Gasteiger partial charge in [0, 0.05) is 0 Å². The second kappa shape index (κ2) is 1.32. The maximum atomic E-state index is 10.9. The first-order valence-electron chi connectivity index (χ1n) is 3.38. The van der Waals surface area contributed by atoms with Crippen molar-refractivity contribution in [2.24, 2.45) is 0 Å². The highest BCUT2D eigenvalue weighted by Crippen LogP contribution is 2.41. The lowest BCUT2D eigenvalue weighted by atomic mass is 10.3. The highest BCUT2D eigenvalue weighted by Gasteiger charge is 2.50. The number of carbonyl (C=O) groups excluding carboxylic acids is 1. The molecule has 0 atom stereocenters. The Labute approximate surface area is 63.0 Å². The minimum absolute atomic E-state index is 0.0173. The molecule has 54 valence electrons. The third-order valence-electron chi connectivity index (χ3n) is 1.88. The first kappa shape index (κ1) is 5.01. The Balaban J connectivity index is 2.20. The van der Waals surface area contributed by atoms with Crippen LogP contribution in [0.3, 0.4) is 0 Å². The summed E-state index contributed by atoms with van der Waals surface area (Å²) in [6.45, 7) is 0. The summed E-state index contributed by atoms with van der Waals surface area (Å²) in [4.78, 5) is 10.9. The number of hydrogen-bond acceptors (Lipinski definition) is 2. The number of hydrazine groups is 2. The van der Waals surface area contributed by atoms with Gasteiger partial charge in [-0.05, 0) is 12.1 Å². The molecule has 1 N–H and O–H groups in total. The number of nitrogens with one attached hydrogen (secondary N) is 1. The van der Waals surface area contributed by atoms with Gasteiger partial charge in [-0.15, -0.1) is 5.12 Å². The van der Waals surface area contributed by atoms with E-state index in [1.165, 1.54) is 5.12 Å². The average Bonchev–Trinajstić information content (AvgIpc) is 2.55. The van der Waals surface area contributed by atoms with Gasteiger partial charge in [-0.25, -0.2) is 4.79 Å². The molecule has 1 aromatic rings. The van der Waals surface area contributed by atoms with Crippen molar-refractivity contribution in [1.29, 1.82) is 0 Å². The van der Waals surface area contributed by atoms with Crippen LogP contribution in [-0.2, 0) is 0 Å². The Morgan fingerprint density at radius 2 is 2.09 bits per heavy atom. The van der Waals surface area contributed by atoms with E-state index in [1.807, 2.05) is 24.3 Å². The van der Waals surface area contributed by atoms with Crippen molar-refractivity contribution >= 4 is 17.4 Å². The Morgan fingerprint density at radius 3 is 3.00 bits per heavy atom. The fraction of sp³-hybridized carbons (Fsp3) is 0. The highest BCUT2D eigenvalue weighted by atomic mass is 16.3. The number of para-hydroxylation sites is 2. The summed E-state index contributed by atoms with van der Waals surface area (Å²) in [6, 6.07) is 7.71. The second-order valence-corrected chi connectivity index (χ2v) is 2.54. The van der Waals surface area contributed by atoms with Crippen LogP contribution in [0, 0.1) is 0 Å². The molecule has 2 aliphatic heterocycles. The third-order valence-corrected chi connectivity index (χ3v) is 1.88. The van der Waals surface area contributed by atoms with Crippen LogP contribution in [0.4, 0.5) is 16.2 Å². The van der Waals surface area contributed by atoms with E-state index < -0.39 is 0 Å². The monoisotopic (exact) mass is 147 g/mol. The van der Waals surface area contributed by atoms with Crippen LogP contribution in [-0.4, -0.2) is 11.1 Å². The van der Waals surface area contributed by atoms with Crippen LogP contribution >= 0.6 is 0 Å². The van der Waals surface area contributed by atoms with Crippen molar-refractivity contribution in [1.82, 2.24) is 5.12 Å². The largest absolute Gasteiger partial charge is 0.384 e. The zero-order chi connectivity index (χ0) is 7.42. The molecule has 11 heavy (non-hydrogen) atoms. The van der Waals surface area contributed by atoms with E-state index in [1.54, 1.807) is 5.01 Å². The molecule has 0 saturated carbocycles. The lowest BCUT2D eigenvalue weighted by molar-refractivity contribution is 0.260. The van der Waals surface area contributed by atoms with Crippen molar-refractivity contribution in [3.63, 3.8) is 0 Å². The van der Waals surface area contributed by atoms with E-state index in [4.69, 9.17) is 0 Å². The number of amides is 2. The van der Waals surface area contributed by atoms with Crippen molar-refractivity contribution in [2.75, 3.05) is 10.4 Å². The van der Waals surface area contributed by atoms with Crippen molar-refractivity contribution in [2.45, 2.75) is 0 Å². The molecule has 4 nitrogen and oxygen atoms in total. The molecule has 1 aromatic carbocycles. The average molecular weight is 147 g/mol. The predicted molar refractivity (Wildman–Crippen MR) is 39.8 cm³/mol. The second-order valence-electron chi connectivity index (χ2n) is 2.54. The van der Waals surface area contributed by atoms with Crippen LogP contribution in [0.1, 0.15) is 0 Å². The first-order chi connectivity index (χ1) is 5.38. The van der Waals surface area contributed by atoms with Gasteiger partial charge >= 0.3 is 6.03 Å². The summed E-state index contributed by atoms with van der Waals surface area (Å²) in [7, 11) is 0. The number of hydrogen-bond donors (Lipinski definition) is 1. The minimum atomic E-state index is 0.0173. The molecule has 0 aromatic heterocycles. The number of anilines is 2. The summed E-state index contributed by atoms with van der Waals surface area (Å²) in [5, 5.41) is 3.07. The molecule has 1 fully saturated rings. The molecule has 4 heteroatoms. The Bertz CT molecular complexity index is 349. The summed E-state index contributed by atoms with van der Waals surface area (Å²) >= 11 is 0. The van der Waals surface area contributed by atoms with Crippen molar-refractivity contribution < 1.29 is 4.79 Å². The van der Waals surface area contributed by atoms with Crippen LogP contribution in [0.2, 0.25) is 0 Å². The van der Waals surface area contributed by atoms with E-state index in [2.05, 4.69) is 5.43 Å². The van der Waals surface area contributed by atoms with Gasteiger partial charge in [-0.2, -0.15) is 5.01 Å². The van der Waals surface area contributed by atoms with Crippen LogP contribution < -0.4 is 10.4 Å². The molecular formula is C7H5N3O. The third kappa shape index (κ3) is 0.440. The Kier molecular flexibility index (Phi) is 0.600. The quantitative estimate of drug-likeness (QED) is 0.559. The molecule has 2 heterocycles. The van der Waals surface area contributed by atoms with E-state index in [0.29, 0.717) is 0 Å². The lowest BCUT2D eigenvalue weighted by Crippen LogP contribution is -2.04. The van der Waals surface area contributed by atoms with Crippen molar-refractivity contribution in [3.05, 3.63) is 24.3 Å². The summed E-state index contributed by atoms with van der Waals surface area (Å²) < 4.78 is 0. The zero-order valence-electron chi connectivity index (χ0n) is 5.61. The van der Waals surface area contributed by atoms with Gasteiger partial charge in [-0.1, -0.05) is 12.1 Å². The lowest BCUT2D eigenvalue weighted by Gasteiger charge is -1.96. The standard InChI is InChI=1S/C7H5N3O/c11-7-9-6-4-2-1-3-5(6)8-10(7)9/h1-4,8H. The molecule has 1 saturated heterocycles. The molecule has 3 rings (SSSR count). The number of urea groups is 1. The molecular weight excluding hydrogens is 142 g/mol. The van der Waals surface area contributed by atoms with Crippen LogP contribution in [0.5, 0.6) is 0 Å². The topological polar surface area (TPSA) is 35.1 Å². The first-order valence-corrected chi connectivity index (χ1v) is 3.38. The van der Waals surface area contributed by atoms with E-state index in [-0.39, 0.29) is 6.03 Å². The number of benzene rings is 1. The SMILES string of the molecule is O=C1N2Nc3ccccc3N12. The maximum absolute atomic E-state index is 10.9. The number of fused-ring (bicyclic) bond motifs is 3. The van der Waals surface area contributed by atoms with Gasteiger partial charge in [0.15, 0.2) is 0 Å². The molecule has 0 aliphatic carbocycles. The van der Waals surface area contributed by atoms with Crippen LogP contribution in [0.25, 0.3) is 0 Å². The predicted octanol–water partition coefficient (Wildman–Crippen LogP) is 1.18. The fourth-order valence-electron chi connectivity index (χ4n) is 1.31. The highest BCUT2D eigenvalue weighted by molar-refractivity contribution is 6.12. The van der Waals surface area contributed by atoms with E-state index in [9.17, 15) is 4.79 Å². The zero-order valence-corrected chi connectivity index (χ0v) is 5.61. The van der Waals surface area contributed by atoms with Gasteiger partial charge in [0.1, 0.15) is 0 Å². The molecule has 0 spiro atoms. The van der Waals surface area contributed by atoms with E-state index in [0.717, 1.165) is 11.4 Å². The summed E-state index contributed by atoms with van der Waals surface area (Å²) in [5.74, 6) is 0. The Morgan fingerprint density at radius 1 is 1.27 bits per heavy atom. The smallest absolute Gasteiger partial charge is 0.272 e. The number of carbonyl (C=O) groups is 1. The normalized spacial score (nSPS) is 17.6. The molecule has 0 bridgehead atoms. The fourth-order valence-corrected chi connectivity index (χ4v) is 1.31. The maximum Gasteiger partial charge on any atom is 0.384 e. The van der Waals surface area contributed by atoms with E-state index >= 15 is 0 Å². The Hall–Kier alpha value is -1.71. The minimum Gasteiger partial charge on any atom is -0.272 e. The number of nitrogens with zero attached hydrogens (tertiary/aromatic N) is 2. The van der Waals surface area contributed by atoms with Gasteiger partial charge in [0.2, 0.25) is 0 Å². The molecule has 2 amide bonds. The van der Waals surface area contributed by atoms with Gasteiger partial charge in [-0.3, -0.25) is 5.43 Å². The molecule has 0 unspecified atom stereocenters. The summed E-state index contributed by atoms with van der Waals surface area (Å²) in [5.41, 5.74) is 4.87. The van der Waals surface area contributed by atoms with Crippen LogP contribution in [0.15, 0.2) is 24.3 Å². The van der Waals surface area contributed by atoms with Gasteiger partial charge in [0.25, 0.3) is 0 Å². The van der Waals surface area contributed by atoms with Gasteiger partial charge in [0.05, 0.1) is 11.4 Å². The number of rotatable bonds is 0. The molecule has 2 aliphatic rings. The molecule has 0 radical (unpaired) electrons. The summed E-state index contributed by atoms with van der Waals surface area (Å²) in [6.07, 6.45) is 0.